The molecule has 30 heavy (non-hydrogen) atoms. The van der Waals surface area contributed by atoms with E-state index in [1.807, 2.05) is 22.8 Å². The molecule has 0 aliphatic rings. The number of esters is 1. The van der Waals surface area contributed by atoms with Crippen LogP contribution in [0.2, 0.25) is 5.02 Å². The number of carbonyl (C=O) groups is 1. The Hall–Kier alpha value is -2.55. The predicted octanol–water partition coefficient (Wildman–Crippen LogP) is 6.14. The number of carbonyl (C=O) groups excluding carboxylic acids is 1. The van der Waals surface area contributed by atoms with Crippen LogP contribution in [0.3, 0.4) is 0 Å². The van der Waals surface area contributed by atoms with Crippen LogP contribution >= 0.6 is 38.9 Å². The van der Waals surface area contributed by atoms with Crippen LogP contribution in [0.4, 0.5) is 0 Å². The molecule has 0 aliphatic carbocycles. The quantitative estimate of drug-likeness (QED) is 0.329. The molecule has 2 aromatic carbocycles. The lowest BCUT2D eigenvalue weighted by molar-refractivity contribution is 0.0600. The van der Waals surface area contributed by atoms with Gasteiger partial charge in [0.1, 0.15) is 28.9 Å². The van der Waals surface area contributed by atoms with Crippen molar-refractivity contribution in [3.63, 3.8) is 0 Å². The van der Waals surface area contributed by atoms with E-state index < -0.39 is 12.1 Å². The van der Waals surface area contributed by atoms with Crippen LogP contribution in [-0.4, -0.2) is 27.7 Å². The number of aromatic nitrogens is 2. The van der Waals surface area contributed by atoms with E-state index in [9.17, 15) is 9.90 Å². The molecule has 1 atom stereocenters. The van der Waals surface area contributed by atoms with Crippen molar-refractivity contribution in [2.45, 2.75) is 13.0 Å². The van der Waals surface area contributed by atoms with Crippen molar-refractivity contribution in [3.8, 4) is 16.5 Å². The molecule has 154 valence electrons. The lowest BCUT2D eigenvalue weighted by Crippen LogP contribution is -2.07. The van der Waals surface area contributed by atoms with Crippen molar-refractivity contribution >= 4 is 55.9 Å². The summed E-state index contributed by atoms with van der Waals surface area (Å²) in [4.78, 5) is 17.1. The highest BCUT2D eigenvalue weighted by molar-refractivity contribution is 9.10. The first-order chi connectivity index (χ1) is 14.4. The number of benzene rings is 2. The number of thiophene rings is 1. The number of fused-ring (bicyclic) bond motifs is 1. The molecular weight excluding hydrogens is 492 g/mol. The predicted molar refractivity (Wildman–Crippen MR) is 120 cm³/mol. The van der Waals surface area contributed by atoms with Gasteiger partial charge in [0.2, 0.25) is 0 Å². The van der Waals surface area contributed by atoms with Gasteiger partial charge in [-0.2, -0.15) is 0 Å². The van der Waals surface area contributed by atoms with Gasteiger partial charge in [0, 0.05) is 16.1 Å². The molecule has 0 aliphatic heterocycles. The highest BCUT2D eigenvalue weighted by Crippen LogP contribution is 2.39. The van der Waals surface area contributed by atoms with E-state index in [-0.39, 0.29) is 10.8 Å². The van der Waals surface area contributed by atoms with Gasteiger partial charge in [0.25, 0.3) is 0 Å². The summed E-state index contributed by atoms with van der Waals surface area (Å²) in [6, 6.07) is 12.5. The molecule has 0 saturated carbocycles. The van der Waals surface area contributed by atoms with Gasteiger partial charge < -0.3 is 14.6 Å². The monoisotopic (exact) mass is 506 g/mol. The Morgan fingerprint density at radius 3 is 2.87 bits per heavy atom. The first-order valence-corrected chi connectivity index (χ1v) is 10.9. The average Bonchev–Trinajstić information content (AvgIpc) is 3.32. The number of hydrogen-bond acceptors (Lipinski definition) is 6. The normalized spacial score (nSPS) is 12.1. The molecule has 0 unspecified atom stereocenters. The smallest absolute Gasteiger partial charge is 0.351 e. The zero-order valence-electron chi connectivity index (χ0n) is 15.9. The highest BCUT2D eigenvalue weighted by atomic mass is 79.9. The summed E-state index contributed by atoms with van der Waals surface area (Å²) in [5.74, 6) is -0.157. The second kappa shape index (κ2) is 8.29. The number of rotatable bonds is 5. The van der Waals surface area contributed by atoms with Crippen LogP contribution < -0.4 is 4.74 Å². The summed E-state index contributed by atoms with van der Waals surface area (Å²) in [6.45, 7) is 1.79. The maximum Gasteiger partial charge on any atom is 0.351 e. The number of phenolic OH excluding ortho intramolecular Hbond substituents is 1. The van der Waals surface area contributed by atoms with Gasteiger partial charge in [-0.3, -0.25) is 4.57 Å². The van der Waals surface area contributed by atoms with E-state index in [0.717, 1.165) is 20.5 Å². The number of nitrogens with zero attached hydrogens (tertiary/aromatic N) is 2. The number of ether oxygens (including phenoxy) is 2. The van der Waals surface area contributed by atoms with Crippen LogP contribution in [0.25, 0.3) is 16.0 Å². The standard InChI is InChI=1S/C21H16BrClN2O4S/c1-11(13-4-3-5-16(26)19(13)23)29-17-9-18(30-20(17)21(27)28-2)25-10-24-14-8-12(22)6-7-15(14)25/h3-11,26H,1-2H3/t11-/m1/s1. The van der Waals surface area contributed by atoms with Crippen LogP contribution in [0.5, 0.6) is 11.5 Å². The molecule has 0 spiro atoms. The number of phenols is 1. The van der Waals surface area contributed by atoms with Gasteiger partial charge in [0.05, 0.1) is 23.2 Å². The minimum absolute atomic E-state index is 0.0279. The van der Waals surface area contributed by atoms with Crippen LogP contribution in [0.15, 0.2) is 53.3 Å². The van der Waals surface area contributed by atoms with Crippen molar-refractivity contribution < 1.29 is 19.4 Å². The van der Waals surface area contributed by atoms with Crippen molar-refractivity contribution in [2.75, 3.05) is 7.11 Å². The van der Waals surface area contributed by atoms with Gasteiger partial charge in [-0.1, -0.05) is 39.7 Å². The molecule has 0 radical (unpaired) electrons. The van der Waals surface area contributed by atoms with Crippen LogP contribution in [0.1, 0.15) is 28.3 Å². The molecule has 0 saturated heterocycles. The number of methoxy groups -OCH3 is 1. The summed E-state index contributed by atoms with van der Waals surface area (Å²) in [6.07, 6.45) is 1.19. The zero-order valence-corrected chi connectivity index (χ0v) is 19.1. The van der Waals surface area contributed by atoms with Crippen molar-refractivity contribution in [1.82, 2.24) is 9.55 Å². The molecule has 6 nitrogen and oxygen atoms in total. The van der Waals surface area contributed by atoms with E-state index in [0.29, 0.717) is 16.2 Å². The maximum absolute atomic E-state index is 12.4. The molecular formula is C21H16BrClN2O4S. The van der Waals surface area contributed by atoms with E-state index in [1.165, 1.54) is 24.5 Å². The molecule has 9 heteroatoms. The van der Waals surface area contributed by atoms with E-state index in [4.69, 9.17) is 21.1 Å². The molecule has 2 heterocycles. The zero-order chi connectivity index (χ0) is 21.4. The number of hydrogen-bond donors (Lipinski definition) is 1. The third-order valence-corrected chi connectivity index (χ3v) is 6.55. The summed E-state index contributed by atoms with van der Waals surface area (Å²) in [5.41, 5.74) is 2.32. The first-order valence-electron chi connectivity index (χ1n) is 8.88. The Labute approximate surface area is 189 Å². The molecule has 4 aromatic rings. The molecule has 0 amide bonds. The van der Waals surface area contributed by atoms with Gasteiger partial charge >= 0.3 is 5.97 Å². The van der Waals surface area contributed by atoms with E-state index in [2.05, 4.69) is 20.9 Å². The summed E-state index contributed by atoms with van der Waals surface area (Å²) < 4.78 is 13.8. The van der Waals surface area contributed by atoms with Crippen molar-refractivity contribution in [2.24, 2.45) is 0 Å². The summed E-state index contributed by atoms with van der Waals surface area (Å²) in [7, 11) is 1.32. The van der Waals surface area contributed by atoms with E-state index in [1.54, 1.807) is 31.5 Å². The van der Waals surface area contributed by atoms with Gasteiger partial charge in [0.15, 0.2) is 4.88 Å². The van der Waals surface area contributed by atoms with Crippen molar-refractivity contribution in [3.05, 3.63) is 68.7 Å². The van der Waals surface area contributed by atoms with Crippen LogP contribution in [-0.2, 0) is 4.74 Å². The Balaban J connectivity index is 1.75. The Morgan fingerprint density at radius 2 is 2.10 bits per heavy atom. The second-order valence-corrected chi connectivity index (χ2v) is 8.78. The highest BCUT2D eigenvalue weighted by Gasteiger charge is 2.23. The van der Waals surface area contributed by atoms with Crippen molar-refractivity contribution in [1.29, 1.82) is 0 Å². The third-order valence-electron chi connectivity index (χ3n) is 4.55. The molecule has 1 N–H and O–H groups in total. The van der Waals surface area contributed by atoms with Gasteiger partial charge in [-0.15, -0.1) is 11.3 Å². The minimum Gasteiger partial charge on any atom is -0.506 e. The third kappa shape index (κ3) is 3.78. The summed E-state index contributed by atoms with van der Waals surface area (Å²) in [5, 5.41) is 10.8. The average molecular weight is 508 g/mol. The Morgan fingerprint density at radius 1 is 1.30 bits per heavy atom. The molecule has 4 rings (SSSR count). The number of aromatic hydroxyl groups is 1. The Bertz CT molecular complexity index is 1250. The summed E-state index contributed by atoms with van der Waals surface area (Å²) >= 11 is 10.9. The first kappa shape index (κ1) is 20.7. The second-order valence-electron chi connectivity index (χ2n) is 6.46. The SMILES string of the molecule is COC(=O)c1sc(-n2cnc3cc(Br)ccc32)cc1O[C@H](C)c1cccc(O)c1Cl. The minimum atomic E-state index is -0.508. The fourth-order valence-corrected chi connectivity index (χ4v) is 4.69. The molecule has 2 aromatic heterocycles. The topological polar surface area (TPSA) is 73.6 Å². The van der Waals surface area contributed by atoms with Gasteiger partial charge in [-0.25, -0.2) is 9.78 Å². The van der Waals surface area contributed by atoms with Gasteiger partial charge in [-0.05, 0) is 31.2 Å². The van der Waals surface area contributed by atoms with Crippen LogP contribution in [0, 0.1) is 0 Å². The fraction of sp³-hybridized carbons (Fsp3) is 0.143. The lowest BCUT2D eigenvalue weighted by atomic mass is 10.1. The van der Waals surface area contributed by atoms with E-state index >= 15 is 0 Å². The molecule has 0 fully saturated rings. The fourth-order valence-electron chi connectivity index (χ4n) is 3.07. The largest absolute Gasteiger partial charge is 0.506 e. The maximum atomic E-state index is 12.4. The molecule has 0 bridgehead atoms. The Kier molecular flexibility index (Phi) is 5.73. The number of imidazole rings is 1. The number of halogens is 2. The lowest BCUT2D eigenvalue weighted by Gasteiger charge is -2.16.